The summed E-state index contributed by atoms with van der Waals surface area (Å²) in [4.78, 5) is 0. The number of unbranched alkanes of at least 4 members (excludes halogenated alkanes) is 1. The summed E-state index contributed by atoms with van der Waals surface area (Å²) in [5, 5.41) is 8.88. The molecule has 60 valence electrons. The topological polar surface area (TPSA) is 20.2 Å². The van der Waals surface area contributed by atoms with Crippen molar-refractivity contribution in [2.75, 3.05) is 0 Å². The van der Waals surface area contributed by atoms with E-state index in [4.69, 9.17) is 5.11 Å². The molecule has 1 heteroatoms. The van der Waals surface area contributed by atoms with Gasteiger partial charge in [-0.1, -0.05) is 25.5 Å². The van der Waals surface area contributed by atoms with Crippen molar-refractivity contribution in [3.05, 3.63) is 12.2 Å². The molecule has 1 atom stereocenters. The van der Waals surface area contributed by atoms with Crippen LogP contribution in [0.25, 0.3) is 0 Å². The van der Waals surface area contributed by atoms with Crippen LogP contribution in [0, 0.1) is 0 Å². The molecule has 0 aliphatic heterocycles. The SMILES string of the molecule is CCC/C=C/CCC(C)O. The third kappa shape index (κ3) is 7.70. The van der Waals surface area contributed by atoms with Crippen molar-refractivity contribution >= 4 is 0 Å². The van der Waals surface area contributed by atoms with E-state index in [0.29, 0.717) is 0 Å². The molecular weight excluding hydrogens is 124 g/mol. The molecule has 0 aliphatic carbocycles. The molecule has 0 amide bonds. The molecule has 0 fully saturated rings. The van der Waals surface area contributed by atoms with E-state index in [-0.39, 0.29) is 6.10 Å². The Morgan fingerprint density at radius 2 is 1.90 bits per heavy atom. The van der Waals surface area contributed by atoms with Gasteiger partial charge in [-0.2, -0.15) is 0 Å². The Hall–Kier alpha value is -0.300. The molecular formula is C9H18O. The molecule has 0 spiro atoms. The average molecular weight is 142 g/mol. The van der Waals surface area contributed by atoms with Gasteiger partial charge in [0.05, 0.1) is 6.10 Å². The Kier molecular flexibility index (Phi) is 6.61. The van der Waals surface area contributed by atoms with Crippen molar-refractivity contribution in [3.63, 3.8) is 0 Å². The number of rotatable bonds is 5. The van der Waals surface area contributed by atoms with Gasteiger partial charge in [0.1, 0.15) is 0 Å². The quantitative estimate of drug-likeness (QED) is 0.585. The highest BCUT2D eigenvalue weighted by Crippen LogP contribution is 1.98. The van der Waals surface area contributed by atoms with Crippen LogP contribution >= 0.6 is 0 Å². The lowest BCUT2D eigenvalue weighted by atomic mass is 10.2. The highest BCUT2D eigenvalue weighted by molar-refractivity contribution is 4.81. The van der Waals surface area contributed by atoms with Crippen LogP contribution in [0.2, 0.25) is 0 Å². The van der Waals surface area contributed by atoms with Gasteiger partial charge in [-0.25, -0.2) is 0 Å². The molecule has 0 bridgehead atoms. The number of hydrogen-bond acceptors (Lipinski definition) is 1. The molecule has 0 radical (unpaired) electrons. The third-order valence-electron chi connectivity index (χ3n) is 1.37. The van der Waals surface area contributed by atoms with E-state index in [0.717, 1.165) is 12.8 Å². The average Bonchev–Trinajstić information content (AvgIpc) is 1.87. The van der Waals surface area contributed by atoms with E-state index in [1.165, 1.54) is 12.8 Å². The van der Waals surface area contributed by atoms with Crippen molar-refractivity contribution in [2.45, 2.75) is 45.6 Å². The summed E-state index contributed by atoms with van der Waals surface area (Å²) < 4.78 is 0. The molecule has 0 saturated carbocycles. The van der Waals surface area contributed by atoms with Gasteiger partial charge in [0, 0.05) is 0 Å². The second-order valence-corrected chi connectivity index (χ2v) is 2.69. The molecule has 1 unspecified atom stereocenters. The summed E-state index contributed by atoms with van der Waals surface area (Å²) in [6, 6.07) is 0. The van der Waals surface area contributed by atoms with Gasteiger partial charge in [-0.15, -0.1) is 0 Å². The van der Waals surface area contributed by atoms with Gasteiger partial charge >= 0.3 is 0 Å². The Bertz CT molecular complexity index is 84.7. The second-order valence-electron chi connectivity index (χ2n) is 2.69. The fraction of sp³-hybridized carbons (Fsp3) is 0.778. The van der Waals surface area contributed by atoms with Crippen LogP contribution in [-0.2, 0) is 0 Å². The molecule has 0 rings (SSSR count). The van der Waals surface area contributed by atoms with Crippen LogP contribution in [0.3, 0.4) is 0 Å². The van der Waals surface area contributed by atoms with Gasteiger partial charge in [0.2, 0.25) is 0 Å². The first-order chi connectivity index (χ1) is 4.77. The molecule has 1 nitrogen and oxygen atoms in total. The zero-order valence-electron chi connectivity index (χ0n) is 7.01. The Labute approximate surface area is 63.8 Å². The Balaban J connectivity index is 3.02. The first-order valence-corrected chi connectivity index (χ1v) is 4.10. The van der Waals surface area contributed by atoms with E-state index < -0.39 is 0 Å². The molecule has 0 aromatic carbocycles. The summed E-state index contributed by atoms with van der Waals surface area (Å²) in [6.07, 6.45) is 8.47. The third-order valence-corrected chi connectivity index (χ3v) is 1.37. The lowest BCUT2D eigenvalue weighted by Crippen LogP contribution is -1.96. The number of allylic oxidation sites excluding steroid dienone is 2. The van der Waals surface area contributed by atoms with Crippen LogP contribution < -0.4 is 0 Å². The van der Waals surface area contributed by atoms with Crippen molar-refractivity contribution < 1.29 is 5.11 Å². The van der Waals surface area contributed by atoms with Crippen LogP contribution in [-0.4, -0.2) is 11.2 Å². The smallest absolute Gasteiger partial charge is 0.0515 e. The summed E-state index contributed by atoms with van der Waals surface area (Å²) in [5.41, 5.74) is 0. The monoisotopic (exact) mass is 142 g/mol. The predicted octanol–water partition coefficient (Wildman–Crippen LogP) is 2.50. The number of aliphatic hydroxyl groups excluding tert-OH is 1. The summed E-state index contributed by atoms with van der Waals surface area (Å²) in [5.74, 6) is 0. The zero-order chi connectivity index (χ0) is 7.82. The molecule has 0 saturated heterocycles. The minimum atomic E-state index is -0.147. The lowest BCUT2D eigenvalue weighted by molar-refractivity contribution is 0.186. The number of aliphatic hydroxyl groups is 1. The maximum atomic E-state index is 8.88. The van der Waals surface area contributed by atoms with E-state index in [2.05, 4.69) is 19.1 Å². The Morgan fingerprint density at radius 1 is 1.30 bits per heavy atom. The van der Waals surface area contributed by atoms with Crippen molar-refractivity contribution in [3.8, 4) is 0 Å². The zero-order valence-corrected chi connectivity index (χ0v) is 7.01. The highest BCUT2D eigenvalue weighted by atomic mass is 16.3. The maximum Gasteiger partial charge on any atom is 0.0515 e. The molecule has 10 heavy (non-hydrogen) atoms. The fourth-order valence-corrected chi connectivity index (χ4v) is 0.740. The van der Waals surface area contributed by atoms with Gasteiger partial charge in [0.15, 0.2) is 0 Å². The minimum absolute atomic E-state index is 0.147. The van der Waals surface area contributed by atoms with Crippen molar-refractivity contribution in [2.24, 2.45) is 0 Å². The van der Waals surface area contributed by atoms with Gasteiger partial charge < -0.3 is 5.11 Å². The maximum absolute atomic E-state index is 8.88. The van der Waals surface area contributed by atoms with Crippen molar-refractivity contribution in [1.82, 2.24) is 0 Å². The minimum Gasteiger partial charge on any atom is -0.393 e. The Morgan fingerprint density at radius 3 is 2.40 bits per heavy atom. The first-order valence-electron chi connectivity index (χ1n) is 4.10. The molecule has 0 aromatic rings. The first kappa shape index (κ1) is 9.70. The van der Waals surface area contributed by atoms with Crippen LogP contribution in [0.5, 0.6) is 0 Å². The van der Waals surface area contributed by atoms with E-state index >= 15 is 0 Å². The number of hydrogen-bond donors (Lipinski definition) is 1. The summed E-state index contributed by atoms with van der Waals surface area (Å²) in [7, 11) is 0. The molecule has 0 aliphatic rings. The summed E-state index contributed by atoms with van der Waals surface area (Å²) in [6.45, 7) is 3.99. The largest absolute Gasteiger partial charge is 0.393 e. The standard InChI is InChI=1S/C9H18O/c1-3-4-5-6-7-8-9(2)10/h5-6,9-10H,3-4,7-8H2,1-2H3/b6-5+. The van der Waals surface area contributed by atoms with Gasteiger partial charge in [-0.3, -0.25) is 0 Å². The molecule has 0 aromatic heterocycles. The highest BCUT2D eigenvalue weighted by Gasteiger charge is 1.90. The van der Waals surface area contributed by atoms with Crippen molar-refractivity contribution in [1.29, 1.82) is 0 Å². The fourth-order valence-electron chi connectivity index (χ4n) is 0.740. The van der Waals surface area contributed by atoms with E-state index in [1.807, 2.05) is 6.92 Å². The lowest BCUT2D eigenvalue weighted by Gasteiger charge is -1.97. The second kappa shape index (κ2) is 6.81. The molecule has 0 heterocycles. The van der Waals surface area contributed by atoms with Crippen LogP contribution in [0.1, 0.15) is 39.5 Å². The van der Waals surface area contributed by atoms with Crippen LogP contribution in [0.4, 0.5) is 0 Å². The van der Waals surface area contributed by atoms with Gasteiger partial charge in [0.25, 0.3) is 0 Å². The van der Waals surface area contributed by atoms with Gasteiger partial charge in [-0.05, 0) is 26.2 Å². The summed E-state index contributed by atoms with van der Waals surface area (Å²) >= 11 is 0. The molecule has 1 N–H and O–H groups in total. The predicted molar refractivity (Wildman–Crippen MR) is 45.0 cm³/mol. The van der Waals surface area contributed by atoms with Crippen LogP contribution in [0.15, 0.2) is 12.2 Å². The van der Waals surface area contributed by atoms with E-state index in [1.54, 1.807) is 0 Å². The van der Waals surface area contributed by atoms with E-state index in [9.17, 15) is 0 Å². The normalized spacial score (nSPS) is 14.3.